The molecule has 106 valence electrons. The lowest BCUT2D eigenvalue weighted by atomic mass is 10.1. The van der Waals surface area contributed by atoms with Crippen LogP contribution in [0.3, 0.4) is 0 Å². The molecule has 0 radical (unpaired) electrons. The summed E-state index contributed by atoms with van der Waals surface area (Å²) in [7, 11) is 4.87. The SMILES string of the molecule is COc1ccc(-c2cc(=O)n(C)c(SC)n2)cc1OC. The van der Waals surface area contributed by atoms with Gasteiger partial charge in [-0.05, 0) is 24.5 Å². The maximum atomic E-state index is 11.9. The highest BCUT2D eigenvalue weighted by Crippen LogP contribution is 2.31. The Bertz CT molecular complexity index is 683. The Kier molecular flexibility index (Phi) is 4.34. The summed E-state index contributed by atoms with van der Waals surface area (Å²) >= 11 is 1.43. The van der Waals surface area contributed by atoms with E-state index in [0.717, 1.165) is 5.56 Å². The monoisotopic (exact) mass is 292 g/mol. The fraction of sp³-hybridized carbons (Fsp3) is 0.286. The summed E-state index contributed by atoms with van der Waals surface area (Å²) < 4.78 is 12.0. The predicted molar refractivity (Wildman–Crippen MR) is 79.8 cm³/mol. The Morgan fingerprint density at radius 1 is 1.15 bits per heavy atom. The van der Waals surface area contributed by atoms with Gasteiger partial charge in [0.2, 0.25) is 0 Å². The third-order valence-corrected chi connectivity index (χ3v) is 3.69. The van der Waals surface area contributed by atoms with Gasteiger partial charge in [-0.3, -0.25) is 9.36 Å². The Morgan fingerprint density at radius 3 is 2.45 bits per heavy atom. The van der Waals surface area contributed by atoms with Crippen molar-refractivity contribution < 1.29 is 9.47 Å². The van der Waals surface area contributed by atoms with Gasteiger partial charge in [0.05, 0.1) is 19.9 Å². The molecule has 1 aromatic heterocycles. The van der Waals surface area contributed by atoms with Gasteiger partial charge in [-0.25, -0.2) is 4.98 Å². The van der Waals surface area contributed by atoms with Crippen molar-refractivity contribution in [3.8, 4) is 22.8 Å². The highest BCUT2D eigenvalue weighted by atomic mass is 32.2. The lowest BCUT2D eigenvalue weighted by Crippen LogP contribution is -2.19. The average molecular weight is 292 g/mol. The molecule has 0 aliphatic rings. The number of thioether (sulfide) groups is 1. The van der Waals surface area contributed by atoms with Gasteiger partial charge in [-0.1, -0.05) is 11.8 Å². The number of nitrogens with zero attached hydrogens (tertiary/aromatic N) is 2. The first kappa shape index (κ1) is 14.5. The largest absolute Gasteiger partial charge is 0.493 e. The highest BCUT2D eigenvalue weighted by molar-refractivity contribution is 7.98. The molecular weight excluding hydrogens is 276 g/mol. The zero-order valence-corrected chi connectivity index (χ0v) is 12.7. The van der Waals surface area contributed by atoms with Crippen molar-refractivity contribution in [3.05, 3.63) is 34.6 Å². The van der Waals surface area contributed by atoms with Crippen molar-refractivity contribution in [1.29, 1.82) is 0 Å². The molecule has 0 unspecified atom stereocenters. The van der Waals surface area contributed by atoms with E-state index in [4.69, 9.17) is 9.47 Å². The third-order valence-electron chi connectivity index (χ3n) is 2.96. The second kappa shape index (κ2) is 6.00. The van der Waals surface area contributed by atoms with Crippen LogP contribution < -0.4 is 15.0 Å². The van der Waals surface area contributed by atoms with E-state index in [1.807, 2.05) is 18.4 Å². The first-order valence-corrected chi connectivity index (χ1v) is 7.17. The second-order valence-corrected chi connectivity index (χ2v) is 4.87. The van der Waals surface area contributed by atoms with Crippen LogP contribution in [0.1, 0.15) is 0 Å². The molecule has 1 heterocycles. The van der Waals surface area contributed by atoms with E-state index in [1.165, 1.54) is 22.4 Å². The number of methoxy groups -OCH3 is 2. The van der Waals surface area contributed by atoms with Crippen molar-refractivity contribution >= 4 is 11.8 Å². The molecule has 0 N–H and O–H groups in total. The summed E-state index contributed by atoms with van der Waals surface area (Å²) in [4.78, 5) is 16.4. The van der Waals surface area contributed by atoms with Crippen LogP contribution in [-0.4, -0.2) is 30.0 Å². The summed E-state index contributed by atoms with van der Waals surface area (Å²) in [5.74, 6) is 1.25. The summed E-state index contributed by atoms with van der Waals surface area (Å²) in [5, 5.41) is 0.669. The molecule has 0 atom stereocenters. The van der Waals surface area contributed by atoms with Gasteiger partial charge < -0.3 is 9.47 Å². The Hall–Kier alpha value is -1.95. The molecule has 0 amide bonds. The molecule has 0 spiro atoms. The summed E-state index contributed by atoms with van der Waals surface area (Å²) in [6.07, 6.45) is 1.89. The van der Waals surface area contributed by atoms with Crippen molar-refractivity contribution in [1.82, 2.24) is 9.55 Å². The maximum Gasteiger partial charge on any atom is 0.254 e. The average Bonchev–Trinajstić information content (AvgIpc) is 2.49. The fourth-order valence-electron chi connectivity index (χ4n) is 1.84. The number of ether oxygens (including phenoxy) is 2. The zero-order chi connectivity index (χ0) is 14.7. The van der Waals surface area contributed by atoms with Crippen LogP contribution in [0, 0.1) is 0 Å². The molecule has 2 aromatic rings. The molecule has 0 fully saturated rings. The topological polar surface area (TPSA) is 53.4 Å². The van der Waals surface area contributed by atoms with E-state index in [2.05, 4.69) is 4.98 Å². The predicted octanol–water partition coefficient (Wildman–Crippen LogP) is 2.19. The molecule has 0 saturated carbocycles. The Balaban J connectivity index is 2.57. The number of hydrogen-bond acceptors (Lipinski definition) is 5. The van der Waals surface area contributed by atoms with Crippen molar-refractivity contribution in [2.75, 3.05) is 20.5 Å². The van der Waals surface area contributed by atoms with Crippen LogP contribution in [0.4, 0.5) is 0 Å². The van der Waals surface area contributed by atoms with Crippen LogP contribution in [0.5, 0.6) is 11.5 Å². The molecule has 20 heavy (non-hydrogen) atoms. The lowest BCUT2D eigenvalue weighted by molar-refractivity contribution is 0.355. The van der Waals surface area contributed by atoms with Gasteiger partial charge in [-0.15, -0.1) is 0 Å². The molecule has 1 aromatic carbocycles. The quantitative estimate of drug-likeness (QED) is 0.638. The minimum Gasteiger partial charge on any atom is -0.493 e. The van der Waals surface area contributed by atoms with Crippen molar-refractivity contribution in [2.24, 2.45) is 7.05 Å². The summed E-state index contributed by atoms with van der Waals surface area (Å²) in [5.41, 5.74) is 1.35. The van der Waals surface area contributed by atoms with Crippen LogP contribution >= 0.6 is 11.8 Å². The Labute approximate surface area is 121 Å². The van der Waals surface area contributed by atoms with Gasteiger partial charge >= 0.3 is 0 Å². The summed E-state index contributed by atoms with van der Waals surface area (Å²) in [6.45, 7) is 0. The standard InChI is InChI=1S/C14H16N2O3S/c1-16-13(17)8-10(15-14(16)20-4)9-5-6-11(18-2)12(7-9)19-3/h5-8H,1-4H3. The Morgan fingerprint density at radius 2 is 1.85 bits per heavy atom. The van der Waals surface area contributed by atoms with E-state index >= 15 is 0 Å². The molecule has 0 bridgehead atoms. The fourth-order valence-corrected chi connectivity index (χ4v) is 2.40. The van der Waals surface area contributed by atoms with Crippen LogP contribution in [0.25, 0.3) is 11.3 Å². The van der Waals surface area contributed by atoms with E-state index in [1.54, 1.807) is 27.3 Å². The summed E-state index contributed by atoms with van der Waals surface area (Å²) in [6, 6.07) is 6.98. The maximum absolute atomic E-state index is 11.9. The minimum atomic E-state index is -0.0888. The number of aromatic nitrogens is 2. The van der Waals surface area contributed by atoms with Crippen LogP contribution in [0.2, 0.25) is 0 Å². The molecular formula is C14H16N2O3S. The lowest BCUT2D eigenvalue weighted by Gasteiger charge is -2.10. The van der Waals surface area contributed by atoms with Gasteiger partial charge in [0, 0.05) is 18.7 Å². The first-order chi connectivity index (χ1) is 9.60. The van der Waals surface area contributed by atoms with E-state index in [0.29, 0.717) is 22.3 Å². The molecule has 6 heteroatoms. The normalized spacial score (nSPS) is 10.4. The molecule has 0 aliphatic carbocycles. The third kappa shape index (κ3) is 2.65. The van der Waals surface area contributed by atoms with Crippen molar-refractivity contribution in [2.45, 2.75) is 5.16 Å². The molecule has 5 nitrogen and oxygen atoms in total. The first-order valence-electron chi connectivity index (χ1n) is 5.95. The van der Waals surface area contributed by atoms with E-state index < -0.39 is 0 Å². The van der Waals surface area contributed by atoms with Gasteiger partial charge in [0.25, 0.3) is 5.56 Å². The van der Waals surface area contributed by atoms with Gasteiger partial charge in [0.15, 0.2) is 16.7 Å². The number of hydrogen-bond donors (Lipinski definition) is 0. The zero-order valence-electron chi connectivity index (χ0n) is 11.8. The highest BCUT2D eigenvalue weighted by Gasteiger charge is 2.10. The number of benzene rings is 1. The second-order valence-electron chi connectivity index (χ2n) is 4.10. The van der Waals surface area contributed by atoms with E-state index in [-0.39, 0.29) is 5.56 Å². The van der Waals surface area contributed by atoms with Crippen LogP contribution in [0.15, 0.2) is 34.2 Å². The minimum absolute atomic E-state index is 0.0888. The smallest absolute Gasteiger partial charge is 0.254 e. The van der Waals surface area contributed by atoms with Crippen LogP contribution in [-0.2, 0) is 7.05 Å². The molecule has 0 saturated heterocycles. The van der Waals surface area contributed by atoms with Crippen molar-refractivity contribution in [3.63, 3.8) is 0 Å². The van der Waals surface area contributed by atoms with E-state index in [9.17, 15) is 4.79 Å². The number of rotatable bonds is 4. The molecule has 2 rings (SSSR count). The van der Waals surface area contributed by atoms with Gasteiger partial charge in [0.1, 0.15) is 0 Å². The van der Waals surface area contributed by atoms with Gasteiger partial charge in [-0.2, -0.15) is 0 Å². The molecule has 0 aliphatic heterocycles.